The molecular weight excluding hydrogens is 444 g/mol. The number of amides is 2. The monoisotopic (exact) mass is 478 g/mol. The number of fused-ring (bicyclic) bond motifs is 3. The second kappa shape index (κ2) is 10.5. The third-order valence-corrected chi connectivity index (χ3v) is 7.52. The minimum atomic E-state index is -0.813. The van der Waals surface area contributed by atoms with E-state index in [2.05, 4.69) is 29.6 Å². The number of carbonyl (C=O) groups excluding carboxylic acids is 2. The number of piperidine rings is 1. The largest absolute Gasteiger partial charge is 0.481 e. The summed E-state index contributed by atoms with van der Waals surface area (Å²) in [7, 11) is 0. The summed E-state index contributed by atoms with van der Waals surface area (Å²) in [5.41, 5.74) is 3.87. The number of carbonyl (C=O) groups is 3. The molecule has 7 heteroatoms. The Kier molecular flexibility index (Phi) is 7.43. The Morgan fingerprint density at radius 3 is 2.17 bits per heavy atom. The van der Waals surface area contributed by atoms with Crippen LogP contribution >= 0.6 is 0 Å². The van der Waals surface area contributed by atoms with Crippen molar-refractivity contribution in [2.45, 2.75) is 45.4 Å². The predicted molar refractivity (Wildman–Crippen MR) is 133 cm³/mol. The van der Waals surface area contributed by atoms with Gasteiger partial charge in [0.2, 0.25) is 5.91 Å². The Morgan fingerprint density at radius 2 is 1.63 bits per heavy atom. The van der Waals surface area contributed by atoms with Gasteiger partial charge in [-0.05, 0) is 48.4 Å². The standard InChI is InChI=1S/C28H34N2O5/c1-3-8-19(25(31)30-15-13-28(2,14-16-30)26(32)33)17-29-27(34)35-18-24-22-11-6-4-9-20(22)21-10-5-7-12-23(21)24/h4-7,9-12,19,24H,3,8,13-18H2,1-2H3,(H,29,34)(H,32,33). The summed E-state index contributed by atoms with van der Waals surface area (Å²) in [5.74, 6) is -1.21. The van der Waals surface area contributed by atoms with E-state index in [0.29, 0.717) is 32.4 Å². The van der Waals surface area contributed by atoms with Gasteiger partial charge in [0.1, 0.15) is 6.61 Å². The summed E-state index contributed by atoms with van der Waals surface area (Å²) in [5, 5.41) is 12.2. The van der Waals surface area contributed by atoms with Crippen molar-refractivity contribution in [2.75, 3.05) is 26.2 Å². The Balaban J connectivity index is 1.32. The molecule has 0 radical (unpaired) electrons. The molecule has 35 heavy (non-hydrogen) atoms. The Morgan fingerprint density at radius 1 is 1.06 bits per heavy atom. The molecule has 7 nitrogen and oxygen atoms in total. The van der Waals surface area contributed by atoms with Crippen LogP contribution in [0.3, 0.4) is 0 Å². The lowest BCUT2D eigenvalue weighted by Gasteiger charge is -2.38. The number of rotatable bonds is 8. The highest BCUT2D eigenvalue weighted by Gasteiger charge is 2.39. The van der Waals surface area contributed by atoms with Gasteiger partial charge in [0, 0.05) is 25.6 Å². The molecule has 4 rings (SSSR count). The zero-order valence-electron chi connectivity index (χ0n) is 20.5. The fourth-order valence-electron chi connectivity index (χ4n) is 5.21. The lowest BCUT2D eigenvalue weighted by molar-refractivity contribution is -0.153. The predicted octanol–water partition coefficient (Wildman–Crippen LogP) is 4.65. The average Bonchev–Trinajstić information content (AvgIpc) is 3.19. The molecule has 0 spiro atoms. The number of hydrogen-bond donors (Lipinski definition) is 2. The maximum absolute atomic E-state index is 13.1. The first-order chi connectivity index (χ1) is 16.8. The van der Waals surface area contributed by atoms with Crippen molar-refractivity contribution in [1.29, 1.82) is 0 Å². The topological polar surface area (TPSA) is 95.9 Å². The zero-order chi connectivity index (χ0) is 25.0. The molecule has 0 aromatic heterocycles. The van der Waals surface area contributed by atoms with Gasteiger partial charge in [-0.3, -0.25) is 9.59 Å². The van der Waals surface area contributed by atoms with E-state index < -0.39 is 17.5 Å². The van der Waals surface area contributed by atoms with Gasteiger partial charge in [-0.2, -0.15) is 0 Å². The van der Waals surface area contributed by atoms with Crippen LogP contribution in [0.15, 0.2) is 48.5 Å². The lowest BCUT2D eigenvalue weighted by Crippen LogP contribution is -2.48. The van der Waals surface area contributed by atoms with E-state index >= 15 is 0 Å². The fraction of sp³-hybridized carbons (Fsp3) is 0.464. The molecular formula is C28H34N2O5. The Hall–Kier alpha value is -3.35. The molecule has 1 fully saturated rings. The van der Waals surface area contributed by atoms with Crippen molar-refractivity contribution in [1.82, 2.24) is 10.2 Å². The van der Waals surface area contributed by atoms with Crippen LogP contribution in [0.25, 0.3) is 11.1 Å². The van der Waals surface area contributed by atoms with Gasteiger partial charge in [0.15, 0.2) is 0 Å². The highest BCUT2D eigenvalue weighted by molar-refractivity contribution is 5.81. The van der Waals surface area contributed by atoms with Crippen LogP contribution in [-0.2, 0) is 14.3 Å². The van der Waals surface area contributed by atoms with Crippen LogP contribution in [0, 0.1) is 11.3 Å². The van der Waals surface area contributed by atoms with Gasteiger partial charge in [-0.15, -0.1) is 0 Å². The van der Waals surface area contributed by atoms with E-state index in [-0.39, 0.29) is 30.9 Å². The third-order valence-electron chi connectivity index (χ3n) is 7.52. The van der Waals surface area contributed by atoms with E-state index in [0.717, 1.165) is 17.5 Å². The van der Waals surface area contributed by atoms with E-state index in [4.69, 9.17) is 4.74 Å². The summed E-state index contributed by atoms with van der Waals surface area (Å²) < 4.78 is 5.61. The van der Waals surface area contributed by atoms with Crippen molar-refractivity contribution in [3.05, 3.63) is 59.7 Å². The molecule has 2 aromatic rings. The molecule has 2 amide bonds. The van der Waals surface area contributed by atoms with Crippen LogP contribution in [0.2, 0.25) is 0 Å². The molecule has 1 aliphatic heterocycles. The summed E-state index contributed by atoms with van der Waals surface area (Å²) in [4.78, 5) is 38.9. The van der Waals surface area contributed by atoms with Crippen LogP contribution in [-0.4, -0.2) is 54.2 Å². The number of benzene rings is 2. The van der Waals surface area contributed by atoms with Crippen LogP contribution in [0.1, 0.15) is 56.6 Å². The minimum Gasteiger partial charge on any atom is -0.481 e. The number of hydrogen-bond acceptors (Lipinski definition) is 4. The van der Waals surface area contributed by atoms with E-state index in [1.165, 1.54) is 11.1 Å². The highest BCUT2D eigenvalue weighted by Crippen LogP contribution is 2.44. The van der Waals surface area contributed by atoms with Gasteiger partial charge < -0.3 is 20.1 Å². The van der Waals surface area contributed by atoms with Crippen molar-refractivity contribution in [2.24, 2.45) is 11.3 Å². The lowest BCUT2D eigenvalue weighted by atomic mass is 9.80. The average molecular weight is 479 g/mol. The summed E-state index contributed by atoms with van der Waals surface area (Å²) in [6.45, 7) is 5.02. The molecule has 2 N–H and O–H groups in total. The second-order valence-electron chi connectivity index (χ2n) is 9.88. The molecule has 0 saturated carbocycles. The summed E-state index contributed by atoms with van der Waals surface area (Å²) in [6, 6.07) is 16.4. The molecule has 1 atom stereocenters. The number of alkyl carbamates (subject to hydrolysis) is 1. The maximum atomic E-state index is 13.1. The van der Waals surface area contributed by atoms with Gasteiger partial charge in [0.05, 0.1) is 11.3 Å². The molecule has 0 bridgehead atoms. The normalized spacial score (nSPS) is 17.3. The van der Waals surface area contributed by atoms with E-state index in [9.17, 15) is 19.5 Å². The Bertz CT molecular complexity index is 1040. The van der Waals surface area contributed by atoms with Crippen molar-refractivity contribution >= 4 is 18.0 Å². The number of ether oxygens (including phenoxy) is 1. The second-order valence-corrected chi connectivity index (χ2v) is 9.88. The van der Waals surface area contributed by atoms with Crippen LogP contribution < -0.4 is 5.32 Å². The summed E-state index contributed by atoms with van der Waals surface area (Å²) >= 11 is 0. The van der Waals surface area contributed by atoms with Crippen LogP contribution in [0.5, 0.6) is 0 Å². The van der Waals surface area contributed by atoms with E-state index in [1.807, 2.05) is 31.2 Å². The van der Waals surface area contributed by atoms with Gasteiger partial charge in [0.25, 0.3) is 0 Å². The highest BCUT2D eigenvalue weighted by atomic mass is 16.5. The molecule has 1 saturated heterocycles. The third kappa shape index (κ3) is 5.19. The zero-order valence-corrected chi connectivity index (χ0v) is 20.5. The number of carboxylic acids is 1. The van der Waals surface area contributed by atoms with Crippen molar-refractivity contribution in [3.63, 3.8) is 0 Å². The summed E-state index contributed by atoms with van der Waals surface area (Å²) in [6.07, 6.45) is 1.80. The first kappa shape index (κ1) is 24.8. The molecule has 2 aliphatic rings. The number of aliphatic carboxylic acids is 1. The van der Waals surface area contributed by atoms with E-state index in [1.54, 1.807) is 11.8 Å². The van der Waals surface area contributed by atoms with Crippen molar-refractivity contribution in [3.8, 4) is 11.1 Å². The Labute approximate surface area is 206 Å². The molecule has 1 aliphatic carbocycles. The number of likely N-dealkylation sites (tertiary alicyclic amines) is 1. The SMILES string of the molecule is CCCC(CNC(=O)OCC1c2ccccc2-c2ccccc21)C(=O)N1CCC(C)(C(=O)O)CC1. The fourth-order valence-corrected chi connectivity index (χ4v) is 5.21. The van der Waals surface area contributed by atoms with Gasteiger partial charge in [-0.1, -0.05) is 61.9 Å². The minimum absolute atomic E-state index is 0.0156. The molecule has 2 aromatic carbocycles. The first-order valence-electron chi connectivity index (χ1n) is 12.4. The quantitative estimate of drug-likeness (QED) is 0.576. The number of nitrogens with zero attached hydrogens (tertiary/aromatic N) is 1. The number of carboxylic acid groups (broad SMARTS) is 1. The number of nitrogens with one attached hydrogen (secondary N) is 1. The molecule has 186 valence electrons. The van der Waals surface area contributed by atoms with Gasteiger partial charge >= 0.3 is 12.1 Å². The van der Waals surface area contributed by atoms with Gasteiger partial charge in [-0.25, -0.2) is 4.79 Å². The smallest absolute Gasteiger partial charge is 0.407 e. The van der Waals surface area contributed by atoms with Crippen molar-refractivity contribution < 1.29 is 24.2 Å². The molecule has 1 heterocycles. The molecule has 1 unspecified atom stereocenters. The first-order valence-corrected chi connectivity index (χ1v) is 12.4. The maximum Gasteiger partial charge on any atom is 0.407 e. The van der Waals surface area contributed by atoms with Crippen LogP contribution in [0.4, 0.5) is 4.79 Å².